The van der Waals surface area contributed by atoms with E-state index in [-0.39, 0.29) is 11.7 Å². The van der Waals surface area contributed by atoms with E-state index >= 15 is 0 Å². The Labute approximate surface area is 116 Å². The molecule has 20 heavy (non-hydrogen) atoms. The molecular weight excluding hydrogens is 259 g/mol. The van der Waals surface area contributed by atoms with Crippen LogP contribution in [-0.4, -0.2) is 12.0 Å². The number of nitrogens with one attached hydrogen (secondary N) is 1. The molecule has 0 heterocycles. The Bertz CT molecular complexity index is 644. The van der Waals surface area contributed by atoms with E-state index < -0.39 is 10.7 Å². The van der Waals surface area contributed by atoms with Crippen LogP contribution in [-0.2, 0) is 0 Å². The van der Waals surface area contributed by atoms with Crippen LogP contribution in [0.4, 0.5) is 10.1 Å². The number of benzene rings is 2. The molecule has 1 N–H and O–H groups in total. The molecule has 0 bridgehead atoms. The summed E-state index contributed by atoms with van der Waals surface area (Å²) in [6, 6.07) is 10.9. The van der Waals surface area contributed by atoms with Crippen molar-refractivity contribution in [1.29, 1.82) is 0 Å². The van der Waals surface area contributed by atoms with Gasteiger partial charge in [-0.05, 0) is 37.2 Å². The Kier molecular flexibility index (Phi) is 4.10. The largest absolute Gasteiger partial charge is 0.313 e. The highest BCUT2D eigenvalue weighted by Gasteiger charge is 2.12. The molecule has 0 radical (unpaired) electrons. The summed E-state index contributed by atoms with van der Waals surface area (Å²) in [7, 11) is 1.82. The van der Waals surface area contributed by atoms with Crippen LogP contribution in [0, 0.1) is 15.9 Å². The molecule has 4 nitrogen and oxygen atoms in total. The van der Waals surface area contributed by atoms with Gasteiger partial charge >= 0.3 is 0 Å². The minimum Gasteiger partial charge on any atom is -0.313 e. The molecule has 1 atom stereocenters. The summed E-state index contributed by atoms with van der Waals surface area (Å²) >= 11 is 0. The van der Waals surface area contributed by atoms with Gasteiger partial charge in [-0.1, -0.05) is 18.2 Å². The molecular formula is C15H15FN2O2. The van der Waals surface area contributed by atoms with Crippen LogP contribution in [0.15, 0.2) is 42.5 Å². The van der Waals surface area contributed by atoms with Crippen LogP contribution in [0.25, 0.3) is 11.1 Å². The lowest BCUT2D eigenvalue weighted by molar-refractivity contribution is -0.384. The highest BCUT2D eigenvalue weighted by Crippen LogP contribution is 2.28. The van der Waals surface area contributed by atoms with E-state index in [1.54, 1.807) is 24.3 Å². The number of nitro groups is 1. The molecule has 0 amide bonds. The van der Waals surface area contributed by atoms with Crippen molar-refractivity contribution in [2.45, 2.75) is 13.0 Å². The van der Waals surface area contributed by atoms with Crippen LogP contribution < -0.4 is 5.32 Å². The third-order valence-corrected chi connectivity index (χ3v) is 3.29. The number of nitro benzene ring substituents is 1. The topological polar surface area (TPSA) is 55.2 Å². The smallest absolute Gasteiger partial charge is 0.270 e. The van der Waals surface area contributed by atoms with Gasteiger partial charge in [-0.2, -0.15) is 0 Å². The van der Waals surface area contributed by atoms with Crippen molar-refractivity contribution in [3.05, 3.63) is 64.0 Å². The minimum atomic E-state index is -0.485. The van der Waals surface area contributed by atoms with Crippen LogP contribution in [0.3, 0.4) is 0 Å². The summed E-state index contributed by atoms with van der Waals surface area (Å²) in [6.45, 7) is 1.96. The van der Waals surface area contributed by atoms with Gasteiger partial charge in [-0.15, -0.1) is 0 Å². The third kappa shape index (κ3) is 2.83. The first-order valence-electron chi connectivity index (χ1n) is 6.24. The second-order valence-electron chi connectivity index (χ2n) is 4.56. The molecule has 2 rings (SSSR count). The van der Waals surface area contributed by atoms with Gasteiger partial charge in [0, 0.05) is 23.7 Å². The Morgan fingerprint density at radius 3 is 2.65 bits per heavy atom. The summed E-state index contributed by atoms with van der Waals surface area (Å²) in [5.41, 5.74) is 1.75. The molecule has 0 saturated carbocycles. The van der Waals surface area contributed by atoms with Crippen molar-refractivity contribution < 1.29 is 9.31 Å². The first kappa shape index (κ1) is 14.1. The van der Waals surface area contributed by atoms with Gasteiger partial charge in [-0.25, -0.2) is 4.39 Å². The van der Waals surface area contributed by atoms with E-state index in [2.05, 4.69) is 5.32 Å². The van der Waals surface area contributed by atoms with E-state index in [0.717, 1.165) is 5.56 Å². The molecule has 5 heteroatoms. The van der Waals surface area contributed by atoms with Crippen molar-refractivity contribution in [2.24, 2.45) is 0 Å². The molecule has 0 aromatic heterocycles. The molecule has 1 unspecified atom stereocenters. The monoisotopic (exact) mass is 274 g/mol. The Hall–Kier alpha value is -2.27. The van der Waals surface area contributed by atoms with Gasteiger partial charge in [0.1, 0.15) is 5.82 Å². The predicted molar refractivity (Wildman–Crippen MR) is 76.0 cm³/mol. The first-order chi connectivity index (χ1) is 9.52. The maximum Gasteiger partial charge on any atom is 0.270 e. The fourth-order valence-corrected chi connectivity index (χ4v) is 1.99. The molecule has 0 aliphatic carbocycles. The SMILES string of the molecule is CNC(C)c1ccc(F)c(-c2cccc([N+](=O)[O-])c2)c1. The molecule has 2 aromatic rings. The van der Waals surface area contributed by atoms with Crippen LogP contribution in [0.5, 0.6) is 0 Å². The summed E-state index contributed by atoms with van der Waals surface area (Å²) < 4.78 is 14.0. The normalized spacial score (nSPS) is 12.2. The maximum atomic E-state index is 14.0. The lowest BCUT2D eigenvalue weighted by atomic mass is 9.99. The summed E-state index contributed by atoms with van der Waals surface area (Å²) in [5, 5.41) is 13.9. The zero-order chi connectivity index (χ0) is 14.7. The fraction of sp³-hybridized carbons (Fsp3) is 0.200. The van der Waals surface area contributed by atoms with Crippen molar-refractivity contribution >= 4 is 5.69 Å². The Morgan fingerprint density at radius 1 is 1.25 bits per heavy atom. The number of hydrogen-bond donors (Lipinski definition) is 1. The van der Waals surface area contributed by atoms with Crippen molar-refractivity contribution in [1.82, 2.24) is 5.32 Å². The van der Waals surface area contributed by atoms with E-state index in [1.165, 1.54) is 18.2 Å². The van der Waals surface area contributed by atoms with Gasteiger partial charge in [0.25, 0.3) is 5.69 Å². The molecule has 0 aliphatic heterocycles. The minimum absolute atomic E-state index is 0.0473. The van der Waals surface area contributed by atoms with Crippen molar-refractivity contribution in [3.63, 3.8) is 0 Å². The second-order valence-corrected chi connectivity index (χ2v) is 4.56. The van der Waals surface area contributed by atoms with Gasteiger partial charge in [0.05, 0.1) is 4.92 Å². The van der Waals surface area contributed by atoms with Gasteiger partial charge in [0.15, 0.2) is 0 Å². The van der Waals surface area contributed by atoms with E-state index in [4.69, 9.17) is 0 Å². The maximum absolute atomic E-state index is 14.0. The molecule has 0 fully saturated rings. The van der Waals surface area contributed by atoms with Gasteiger partial charge in [0.2, 0.25) is 0 Å². The predicted octanol–water partition coefficient (Wildman–Crippen LogP) is 3.68. The summed E-state index contributed by atoms with van der Waals surface area (Å²) in [6.07, 6.45) is 0. The van der Waals surface area contributed by atoms with Crippen LogP contribution in [0.2, 0.25) is 0 Å². The lowest BCUT2D eigenvalue weighted by Crippen LogP contribution is -2.12. The lowest BCUT2D eigenvalue weighted by Gasteiger charge is -2.13. The highest BCUT2D eigenvalue weighted by atomic mass is 19.1. The number of non-ortho nitro benzene ring substituents is 1. The molecule has 0 spiro atoms. The second kappa shape index (κ2) is 5.79. The van der Waals surface area contributed by atoms with Gasteiger partial charge in [-0.3, -0.25) is 10.1 Å². The molecule has 104 valence electrons. The Morgan fingerprint density at radius 2 is 2.00 bits per heavy atom. The average molecular weight is 274 g/mol. The highest BCUT2D eigenvalue weighted by molar-refractivity contribution is 5.67. The van der Waals surface area contributed by atoms with Crippen LogP contribution >= 0.6 is 0 Å². The number of rotatable bonds is 4. The molecule has 0 aliphatic rings. The van der Waals surface area contributed by atoms with Crippen molar-refractivity contribution in [3.8, 4) is 11.1 Å². The average Bonchev–Trinajstić information content (AvgIpc) is 2.47. The first-order valence-corrected chi connectivity index (χ1v) is 6.24. The zero-order valence-corrected chi connectivity index (χ0v) is 11.3. The number of nitrogens with zero attached hydrogens (tertiary/aromatic N) is 1. The van der Waals surface area contributed by atoms with E-state index in [0.29, 0.717) is 11.1 Å². The summed E-state index contributed by atoms with van der Waals surface area (Å²) in [5.74, 6) is -0.391. The Balaban J connectivity index is 2.51. The van der Waals surface area contributed by atoms with E-state index in [9.17, 15) is 14.5 Å². The van der Waals surface area contributed by atoms with E-state index in [1.807, 2.05) is 14.0 Å². The molecule has 0 saturated heterocycles. The summed E-state index contributed by atoms with van der Waals surface area (Å²) in [4.78, 5) is 10.3. The standard InChI is InChI=1S/C15H15FN2O2/c1-10(17-2)11-6-7-15(16)14(9-11)12-4-3-5-13(8-12)18(19)20/h3-10,17H,1-2H3. The zero-order valence-electron chi connectivity index (χ0n) is 11.3. The van der Waals surface area contributed by atoms with Crippen LogP contribution in [0.1, 0.15) is 18.5 Å². The van der Waals surface area contributed by atoms with Crippen molar-refractivity contribution in [2.75, 3.05) is 7.05 Å². The van der Waals surface area contributed by atoms with Gasteiger partial charge < -0.3 is 5.32 Å². The quantitative estimate of drug-likeness (QED) is 0.683. The fourth-order valence-electron chi connectivity index (χ4n) is 1.99. The number of hydrogen-bond acceptors (Lipinski definition) is 3. The third-order valence-electron chi connectivity index (χ3n) is 3.29. The molecule has 2 aromatic carbocycles. The number of halogens is 1.